The van der Waals surface area contributed by atoms with Crippen molar-refractivity contribution >= 4 is 11.9 Å². The van der Waals surface area contributed by atoms with E-state index in [1.807, 2.05) is 0 Å². The quantitative estimate of drug-likeness (QED) is 0.533. The lowest BCUT2D eigenvalue weighted by Crippen LogP contribution is -2.31. The average Bonchev–Trinajstić information content (AvgIpc) is 2.82. The summed E-state index contributed by atoms with van der Waals surface area (Å²) < 4.78 is 0. The van der Waals surface area contributed by atoms with Crippen LogP contribution in [-0.4, -0.2) is 35.2 Å². The first kappa shape index (κ1) is 9.98. The third-order valence-corrected chi connectivity index (χ3v) is 2.24. The van der Waals surface area contributed by atoms with E-state index in [0.717, 1.165) is 0 Å². The number of carboxylic acid groups (broad SMARTS) is 1. The lowest BCUT2D eigenvalue weighted by molar-refractivity contribution is -0.145. The molecule has 5 heteroatoms. The minimum absolute atomic E-state index is 0.0301. The third-order valence-electron chi connectivity index (χ3n) is 2.24. The van der Waals surface area contributed by atoms with Crippen LogP contribution in [0.15, 0.2) is 0 Å². The van der Waals surface area contributed by atoms with Crippen LogP contribution in [0.2, 0.25) is 0 Å². The summed E-state index contributed by atoms with van der Waals surface area (Å²) in [5.41, 5.74) is -0.806. The number of aliphatic carboxylic acids is 1. The molecule has 0 spiro atoms. The van der Waals surface area contributed by atoms with Crippen molar-refractivity contribution in [3.8, 4) is 0 Å². The van der Waals surface area contributed by atoms with Gasteiger partial charge in [-0.2, -0.15) is 0 Å². The van der Waals surface area contributed by atoms with E-state index in [0.29, 0.717) is 12.8 Å². The van der Waals surface area contributed by atoms with Crippen molar-refractivity contribution in [3.63, 3.8) is 0 Å². The van der Waals surface area contributed by atoms with Crippen molar-refractivity contribution in [3.05, 3.63) is 0 Å². The molecule has 0 heterocycles. The smallest absolute Gasteiger partial charge is 0.310 e. The molecule has 0 radical (unpaired) electrons. The van der Waals surface area contributed by atoms with Gasteiger partial charge in [0.05, 0.1) is 12.0 Å². The first-order chi connectivity index (χ1) is 6.10. The van der Waals surface area contributed by atoms with Gasteiger partial charge in [-0.05, 0) is 12.8 Å². The van der Waals surface area contributed by atoms with Gasteiger partial charge in [-0.1, -0.05) is 0 Å². The van der Waals surface area contributed by atoms with Gasteiger partial charge < -0.3 is 15.5 Å². The second kappa shape index (κ2) is 3.74. The molecule has 0 aromatic heterocycles. The summed E-state index contributed by atoms with van der Waals surface area (Å²) in [5, 5.41) is 19.6. The fourth-order valence-electron chi connectivity index (χ4n) is 1.18. The Kier molecular flexibility index (Phi) is 2.87. The molecule has 0 saturated heterocycles. The highest BCUT2D eigenvalue weighted by Gasteiger charge is 2.51. The molecule has 1 aliphatic carbocycles. The van der Waals surface area contributed by atoms with E-state index in [1.54, 1.807) is 0 Å². The number of aliphatic hydroxyl groups is 1. The first-order valence-electron chi connectivity index (χ1n) is 4.22. The predicted molar refractivity (Wildman–Crippen MR) is 44.0 cm³/mol. The molecule has 0 bridgehead atoms. The summed E-state index contributed by atoms with van der Waals surface area (Å²) in [7, 11) is 0. The third kappa shape index (κ3) is 2.42. The second-order valence-corrected chi connectivity index (χ2v) is 3.34. The van der Waals surface area contributed by atoms with Crippen molar-refractivity contribution < 1.29 is 19.8 Å². The summed E-state index contributed by atoms with van der Waals surface area (Å²) in [5.74, 6) is -1.19. The number of aliphatic hydroxyl groups excluding tert-OH is 1. The first-order valence-corrected chi connectivity index (χ1v) is 4.22. The van der Waals surface area contributed by atoms with E-state index in [2.05, 4.69) is 5.32 Å². The molecule has 1 saturated carbocycles. The number of carbonyl (C=O) groups is 2. The fraction of sp³-hybridized carbons (Fsp3) is 0.750. The highest BCUT2D eigenvalue weighted by molar-refractivity contribution is 5.86. The summed E-state index contributed by atoms with van der Waals surface area (Å²) in [4.78, 5) is 21.7. The molecule has 1 aliphatic rings. The van der Waals surface area contributed by atoms with Crippen LogP contribution in [0, 0.1) is 5.41 Å². The number of nitrogens with one attached hydrogen (secondary N) is 1. The molecule has 1 fully saturated rings. The Hall–Kier alpha value is -1.10. The van der Waals surface area contributed by atoms with E-state index in [4.69, 9.17) is 10.2 Å². The number of rotatable bonds is 5. The van der Waals surface area contributed by atoms with Crippen LogP contribution in [0.4, 0.5) is 0 Å². The van der Waals surface area contributed by atoms with E-state index < -0.39 is 11.4 Å². The lowest BCUT2D eigenvalue weighted by Gasteiger charge is -2.08. The Bertz CT molecular complexity index is 222. The molecule has 0 aromatic carbocycles. The molecule has 1 rings (SSSR count). The van der Waals surface area contributed by atoms with Crippen molar-refractivity contribution in [1.82, 2.24) is 5.32 Å². The Morgan fingerprint density at radius 3 is 2.38 bits per heavy atom. The molecule has 0 aliphatic heterocycles. The van der Waals surface area contributed by atoms with Gasteiger partial charge in [0.25, 0.3) is 0 Å². The Morgan fingerprint density at radius 1 is 1.38 bits per heavy atom. The standard InChI is InChI=1S/C8H13NO4/c10-4-3-9-6(11)5-8(1-2-8)7(12)13/h10H,1-5H2,(H,9,11)(H,12,13). The SMILES string of the molecule is O=C(CC1(C(=O)O)CC1)NCCO. The Morgan fingerprint density at radius 2 is 2.00 bits per heavy atom. The highest BCUT2D eigenvalue weighted by Crippen LogP contribution is 2.48. The van der Waals surface area contributed by atoms with Crippen molar-refractivity contribution in [1.29, 1.82) is 0 Å². The van der Waals surface area contributed by atoms with Crippen LogP contribution in [0.25, 0.3) is 0 Å². The highest BCUT2D eigenvalue weighted by atomic mass is 16.4. The lowest BCUT2D eigenvalue weighted by atomic mass is 10.0. The molecule has 0 aromatic rings. The van der Waals surface area contributed by atoms with E-state index >= 15 is 0 Å². The molecule has 5 nitrogen and oxygen atoms in total. The van der Waals surface area contributed by atoms with Gasteiger partial charge in [0.15, 0.2) is 0 Å². The zero-order chi connectivity index (χ0) is 9.90. The Balaban J connectivity index is 2.32. The van der Waals surface area contributed by atoms with Crippen LogP contribution in [0.3, 0.4) is 0 Å². The van der Waals surface area contributed by atoms with Gasteiger partial charge in [-0.3, -0.25) is 9.59 Å². The van der Waals surface area contributed by atoms with Crippen LogP contribution in [0.1, 0.15) is 19.3 Å². The number of carboxylic acids is 1. The minimum atomic E-state index is -0.897. The van der Waals surface area contributed by atoms with E-state index in [1.165, 1.54) is 0 Å². The molecule has 74 valence electrons. The van der Waals surface area contributed by atoms with Gasteiger partial charge in [-0.25, -0.2) is 0 Å². The maximum atomic E-state index is 11.1. The zero-order valence-corrected chi connectivity index (χ0v) is 7.25. The monoisotopic (exact) mass is 187 g/mol. The van der Waals surface area contributed by atoms with Crippen molar-refractivity contribution in [2.75, 3.05) is 13.2 Å². The number of carbonyl (C=O) groups excluding carboxylic acids is 1. The molecular weight excluding hydrogens is 174 g/mol. The summed E-state index contributed by atoms with van der Waals surface area (Å²) in [6.45, 7) is 0.0698. The van der Waals surface area contributed by atoms with Crippen molar-refractivity contribution in [2.45, 2.75) is 19.3 Å². The number of hydrogen-bond donors (Lipinski definition) is 3. The molecule has 3 N–H and O–H groups in total. The largest absolute Gasteiger partial charge is 0.481 e. The van der Waals surface area contributed by atoms with Gasteiger partial charge in [-0.15, -0.1) is 0 Å². The van der Waals surface area contributed by atoms with E-state index in [9.17, 15) is 9.59 Å². The topological polar surface area (TPSA) is 86.6 Å². The summed E-state index contributed by atoms with van der Waals surface area (Å²) >= 11 is 0. The summed E-state index contributed by atoms with van der Waals surface area (Å²) in [6.07, 6.45) is 1.19. The zero-order valence-electron chi connectivity index (χ0n) is 7.25. The van der Waals surface area contributed by atoms with Gasteiger partial charge in [0.1, 0.15) is 0 Å². The predicted octanol–water partition coefficient (Wildman–Crippen LogP) is -0.650. The van der Waals surface area contributed by atoms with Gasteiger partial charge in [0.2, 0.25) is 5.91 Å². The van der Waals surface area contributed by atoms with Crippen LogP contribution < -0.4 is 5.32 Å². The second-order valence-electron chi connectivity index (χ2n) is 3.34. The number of amides is 1. The van der Waals surface area contributed by atoms with Crippen molar-refractivity contribution in [2.24, 2.45) is 5.41 Å². The molecular formula is C8H13NO4. The molecule has 1 amide bonds. The fourth-order valence-corrected chi connectivity index (χ4v) is 1.18. The normalized spacial score (nSPS) is 17.9. The van der Waals surface area contributed by atoms with Crippen LogP contribution in [0.5, 0.6) is 0 Å². The number of hydrogen-bond acceptors (Lipinski definition) is 3. The Labute approximate surface area is 75.7 Å². The van der Waals surface area contributed by atoms with Gasteiger partial charge >= 0.3 is 5.97 Å². The average molecular weight is 187 g/mol. The maximum absolute atomic E-state index is 11.1. The summed E-state index contributed by atoms with van der Waals surface area (Å²) in [6, 6.07) is 0. The minimum Gasteiger partial charge on any atom is -0.481 e. The molecule has 0 unspecified atom stereocenters. The maximum Gasteiger partial charge on any atom is 0.310 e. The van der Waals surface area contributed by atoms with Gasteiger partial charge in [0, 0.05) is 13.0 Å². The van der Waals surface area contributed by atoms with E-state index in [-0.39, 0.29) is 25.5 Å². The molecule has 0 atom stereocenters. The molecule has 13 heavy (non-hydrogen) atoms. The van der Waals surface area contributed by atoms with Crippen LogP contribution in [-0.2, 0) is 9.59 Å². The van der Waals surface area contributed by atoms with Crippen LogP contribution >= 0.6 is 0 Å².